The van der Waals surface area contributed by atoms with E-state index in [1.54, 1.807) is 0 Å². The van der Waals surface area contributed by atoms with Crippen LogP contribution in [0.4, 0.5) is 0 Å². The molecule has 0 bridgehead atoms. The number of piperidine rings is 1. The van der Waals surface area contributed by atoms with Crippen molar-refractivity contribution in [3.05, 3.63) is 35.9 Å². The van der Waals surface area contributed by atoms with Crippen LogP contribution in [-0.4, -0.2) is 31.0 Å². The molecule has 0 spiro atoms. The van der Waals surface area contributed by atoms with Gasteiger partial charge < -0.3 is 9.64 Å². The van der Waals surface area contributed by atoms with E-state index in [1.807, 2.05) is 30.3 Å². The number of likely N-dealkylation sites (tertiary alicyclic amines) is 1. The van der Waals surface area contributed by atoms with Crippen LogP contribution in [0.2, 0.25) is 0 Å². The molecular weight excluding hydrogens is 250 g/mol. The van der Waals surface area contributed by atoms with Gasteiger partial charge in [-0.05, 0) is 50.3 Å². The van der Waals surface area contributed by atoms with Crippen LogP contribution < -0.4 is 0 Å². The van der Waals surface area contributed by atoms with E-state index in [-0.39, 0.29) is 11.9 Å². The summed E-state index contributed by atoms with van der Waals surface area (Å²) in [4.78, 5) is 14.6. The molecule has 0 unspecified atom stereocenters. The number of nitrogens with zero attached hydrogens (tertiary/aromatic N) is 1. The lowest BCUT2D eigenvalue weighted by Crippen LogP contribution is -2.35. The van der Waals surface area contributed by atoms with Crippen molar-refractivity contribution < 1.29 is 9.53 Å². The largest absolute Gasteiger partial charge is 0.461 e. The van der Waals surface area contributed by atoms with Crippen molar-refractivity contribution in [1.82, 2.24) is 4.90 Å². The minimum Gasteiger partial charge on any atom is -0.461 e. The standard InChI is InChI=1S/C17H23NO2/c1-18-8-7-14-9-15(10-16(14)11-18)17(19)20-12-13-5-3-2-4-6-13/h2-6,14-16H,7-12H2,1H3/t14-,15-,16+/m1/s1. The number of carbonyl (C=O) groups is 1. The lowest BCUT2D eigenvalue weighted by molar-refractivity contribution is -0.149. The van der Waals surface area contributed by atoms with Gasteiger partial charge in [0.05, 0.1) is 5.92 Å². The first-order valence-electron chi connectivity index (χ1n) is 7.61. The van der Waals surface area contributed by atoms with Gasteiger partial charge in [0.25, 0.3) is 0 Å². The Morgan fingerprint density at radius 2 is 2.00 bits per heavy atom. The molecule has 0 amide bonds. The molecule has 1 aliphatic heterocycles. The SMILES string of the molecule is CN1CC[C@@H]2C[C@@H](C(=O)OCc3ccccc3)C[C@H]2C1. The maximum absolute atomic E-state index is 12.2. The highest BCUT2D eigenvalue weighted by atomic mass is 16.5. The Morgan fingerprint density at radius 1 is 1.25 bits per heavy atom. The Labute approximate surface area is 120 Å². The fraction of sp³-hybridized carbons (Fsp3) is 0.588. The zero-order valence-corrected chi connectivity index (χ0v) is 12.1. The van der Waals surface area contributed by atoms with Gasteiger partial charge in [0, 0.05) is 6.54 Å². The molecule has 1 aromatic rings. The lowest BCUT2D eigenvalue weighted by atomic mass is 9.89. The van der Waals surface area contributed by atoms with Crippen molar-refractivity contribution in [2.24, 2.45) is 17.8 Å². The van der Waals surface area contributed by atoms with E-state index in [9.17, 15) is 4.79 Å². The number of hydrogen-bond donors (Lipinski definition) is 0. The van der Waals surface area contributed by atoms with Crippen molar-refractivity contribution in [1.29, 1.82) is 0 Å². The third-order valence-corrected chi connectivity index (χ3v) is 4.83. The second kappa shape index (κ2) is 5.96. The molecule has 3 rings (SSSR count). The van der Waals surface area contributed by atoms with Gasteiger partial charge in [-0.15, -0.1) is 0 Å². The molecular formula is C17H23NO2. The van der Waals surface area contributed by atoms with Gasteiger partial charge in [-0.1, -0.05) is 30.3 Å². The van der Waals surface area contributed by atoms with Crippen molar-refractivity contribution in [3.63, 3.8) is 0 Å². The smallest absolute Gasteiger partial charge is 0.309 e. The summed E-state index contributed by atoms with van der Waals surface area (Å²) in [5, 5.41) is 0. The van der Waals surface area contributed by atoms with Crippen molar-refractivity contribution >= 4 is 5.97 Å². The number of fused-ring (bicyclic) bond motifs is 1. The number of rotatable bonds is 3. The summed E-state index contributed by atoms with van der Waals surface area (Å²) >= 11 is 0. The van der Waals surface area contributed by atoms with Crippen LogP contribution in [-0.2, 0) is 16.1 Å². The van der Waals surface area contributed by atoms with Crippen molar-refractivity contribution in [2.75, 3.05) is 20.1 Å². The first-order chi connectivity index (χ1) is 9.72. The highest BCUT2D eigenvalue weighted by molar-refractivity contribution is 5.72. The highest BCUT2D eigenvalue weighted by Crippen LogP contribution is 2.41. The molecule has 0 N–H and O–H groups in total. The number of esters is 1. The molecule has 3 nitrogen and oxygen atoms in total. The maximum Gasteiger partial charge on any atom is 0.309 e. The number of hydrogen-bond acceptors (Lipinski definition) is 3. The molecule has 0 radical (unpaired) electrons. The summed E-state index contributed by atoms with van der Waals surface area (Å²) in [6.07, 6.45) is 3.29. The molecule has 0 aromatic heterocycles. The fourth-order valence-corrected chi connectivity index (χ4v) is 3.71. The van der Waals surface area contributed by atoms with Crippen LogP contribution in [0.25, 0.3) is 0 Å². The summed E-state index contributed by atoms with van der Waals surface area (Å²) in [5.41, 5.74) is 1.07. The second-order valence-corrected chi connectivity index (χ2v) is 6.33. The minimum atomic E-state index is 0.00547. The summed E-state index contributed by atoms with van der Waals surface area (Å²) in [6.45, 7) is 2.73. The number of carbonyl (C=O) groups excluding carboxylic acids is 1. The van der Waals surface area contributed by atoms with Gasteiger partial charge in [-0.3, -0.25) is 4.79 Å². The molecule has 1 aliphatic carbocycles. The fourth-order valence-electron chi connectivity index (χ4n) is 3.71. The predicted molar refractivity (Wildman–Crippen MR) is 78.1 cm³/mol. The minimum absolute atomic E-state index is 0.00547. The zero-order valence-electron chi connectivity index (χ0n) is 12.1. The van der Waals surface area contributed by atoms with E-state index in [2.05, 4.69) is 11.9 Å². The van der Waals surface area contributed by atoms with Gasteiger partial charge in [0.1, 0.15) is 6.61 Å². The van der Waals surface area contributed by atoms with Crippen LogP contribution >= 0.6 is 0 Å². The van der Waals surface area contributed by atoms with Crippen LogP contribution in [0.3, 0.4) is 0 Å². The van der Waals surface area contributed by atoms with Crippen molar-refractivity contribution in [3.8, 4) is 0 Å². The number of benzene rings is 1. The summed E-state index contributed by atoms with van der Waals surface area (Å²) in [6, 6.07) is 9.92. The van der Waals surface area contributed by atoms with E-state index >= 15 is 0 Å². The van der Waals surface area contributed by atoms with Crippen molar-refractivity contribution in [2.45, 2.75) is 25.9 Å². The molecule has 20 heavy (non-hydrogen) atoms. The Hall–Kier alpha value is -1.35. The van der Waals surface area contributed by atoms with E-state index < -0.39 is 0 Å². The Morgan fingerprint density at radius 3 is 2.80 bits per heavy atom. The van der Waals surface area contributed by atoms with Gasteiger partial charge in [0.2, 0.25) is 0 Å². The molecule has 1 saturated heterocycles. The van der Waals surface area contributed by atoms with E-state index in [1.165, 1.54) is 13.0 Å². The topological polar surface area (TPSA) is 29.5 Å². The molecule has 3 heteroatoms. The third kappa shape index (κ3) is 3.04. The second-order valence-electron chi connectivity index (χ2n) is 6.33. The molecule has 3 atom stereocenters. The van der Waals surface area contributed by atoms with E-state index in [0.717, 1.165) is 30.9 Å². The molecule has 2 aliphatic rings. The molecule has 1 heterocycles. The van der Waals surface area contributed by atoms with Crippen LogP contribution in [0.15, 0.2) is 30.3 Å². The van der Waals surface area contributed by atoms with Gasteiger partial charge in [0.15, 0.2) is 0 Å². The van der Waals surface area contributed by atoms with Crippen LogP contribution in [0.1, 0.15) is 24.8 Å². The van der Waals surface area contributed by atoms with Crippen LogP contribution in [0, 0.1) is 17.8 Å². The highest BCUT2D eigenvalue weighted by Gasteiger charge is 2.40. The first kappa shape index (κ1) is 13.6. The van der Waals surface area contributed by atoms with Gasteiger partial charge >= 0.3 is 5.97 Å². The Kier molecular flexibility index (Phi) is 4.06. The van der Waals surface area contributed by atoms with Crippen LogP contribution in [0.5, 0.6) is 0 Å². The lowest BCUT2D eigenvalue weighted by Gasteiger charge is -2.32. The zero-order chi connectivity index (χ0) is 13.9. The van der Waals surface area contributed by atoms with Gasteiger partial charge in [-0.25, -0.2) is 0 Å². The Balaban J connectivity index is 1.51. The van der Waals surface area contributed by atoms with Gasteiger partial charge in [-0.2, -0.15) is 0 Å². The average Bonchev–Trinajstić information content (AvgIpc) is 2.89. The number of ether oxygens (including phenoxy) is 1. The first-order valence-corrected chi connectivity index (χ1v) is 7.61. The maximum atomic E-state index is 12.2. The summed E-state index contributed by atoms with van der Waals surface area (Å²) in [5.74, 6) is 1.56. The monoisotopic (exact) mass is 273 g/mol. The predicted octanol–water partition coefficient (Wildman–Crippen LogP) is 2.71. The van der Waals surface area contributed by atoms with E-state index in [0.29, 0.717) is 12.5 Å². The third-order valence-electron chi connectivity index (χ3n) is 4.83. The molecule has 1 saturated carbocycles. The quantitative estimate of drug-likeness (QED) is 0.793. The normalized spacial score (nSPS) is 29.9. The van der Waals surface area contributed by atoms with E-state index in [4.69, 9.17) is 4.74 Å². The Bertz CT molecular complexity index is 459. The molecule has 108 valence electrons. The summed E-state index contributed by atoms with van der Waals surface area (Å²) < 4.78 is 5.49. The molecule has 1 aromatic carbocycles. The summed E-state index contributed by atoms with van der Waals surface area (Å²) in [7, 11) is 2.18. The average molecular weight is 273 g/mol. The molecule has 2 fully saturated rings.